The van der Waals surface area contributed by atoms with Gasteiger partial charge in [0.15, 0.2) is 17.8 Å². The number of amides is 1. The number of methoxy groups -OCH3 is 1. The van der Waals surface area contributed by atoms with E-state index in [1.807, 2.05) is 44.1 Å². The molecule has 2 heterocycles. The molecule has 1 atom stereocenters. The fourth-order valence-corrected chi connectivity index (χ4v) is 3.74. The van der Waals surface area contributed by atoms with Crippen molar-refractivity contribution in [1.82, 2.24) is 9.47 Å². The van der Waals surface area contributed by atoms with Crippen molar-refractivity contribution in [2.75, 3.05) is 32.6 Å². The summed E-state index contributed by atoms with van der Waals surface area (Å²) in [6.45, 7) is 7.18. The molecule has 0 spiro atoms. The first-order valence-electron chi connectivity index (χ1n) is 10.9. The predicted octanol–water partition coefficient (Wildman–Crippen LogP) is 3.91. The van der Waals surface area contributed by atoms with Crippen LogP contribution in [-0.4, -0.2) is 61.2 Å². The predicted molar refractivity (Wildman–Crippen MR) is 130 cm³/mol. The Hall–Kier alpha value is -3.39. The molecule has 1 aromatic carbocycles. The Labute approximate surface area is 194 Å². The van der Waals surface area contributed by atoms with Crippen molar-refractivity contribution in [2.45, 2.75) is 32.2 Å². The fourth-order valence-electron chi connectivity index (χ4n) is 3.74. The zero-order chi connectivity index (χ0) is 24.0. The number of anilines is 1. The maximum absolute atomic E-state index is 12.2. The van der Waals surface area contributed by atoms with E-state index in [1.54, 1.807) is 12.1 Å². The molecule has 1 aliphatic heterocycles. The van der Waals surface area contributed by atoms with E-state index in [-0.39, 0.29) is 11.9 Å². The number of nitrogens with zero attached hydrogens (tertiary/aromatic N) is 3. The number of hydrogen-bond donors (Lipinski definition) is 1. The second-order valence-electron chi connectivity index (χ2n) is 8.38. The van der Waals surface area contributed by atoms with Crippen LogP contribution in [0.25, 0.3) is 0 Å². The first kappa shape index (κ1) is 24.3. The fraction of sp³-hybridized carbons (Fsp3) is 0.400. The van der Waals surface area contributed by atoms with Crippen molar-refractivity contribution in [3.63, 3.8) is 0 Å². The third kappa shape index (κ3) is 6.32. The van der Waals surface area contributed by atoms with Crippen LogP contribution in [0.4, 0.5) is 11.4 Å². The van der Waals surface area contributed by atoms with Gasteiger partial charge >= 0.3 is 0 Å². The Morgan fingerprint density at radius 3 is 2.70 bits per heavy atom. The van der Waals surface area contributed by atoms with E-state index < -0.39 is 0 Å². The van der Waals surface area contributed by atoms with Gasteiger partial charge < -0.3 is 19.4 Å². The molecule has 1 aliphatic rings. The highest BCUT2D eigenvalue weighted by atomic mass is 16.5. The van der Waals surface area contributed by atoms with Crippen LogP contribution < -0.4 is 14.8 Å². The van der Waals surface area contributed by atoms with Gasteiger partial charge in [0.2, 0.25) is 5.91 Å². The second-order valence-corrected chi connectivity index (χ2v) is 8.38. The SMILES string of the molecule is C=C1CC(C=Nc2cc(OCCCC(=O)Nc3cc(C)n(C)c3)c(OC)cc2C=O)N(C)C1. The summed E-state index contributed by atoms with van der Waals surface area (Å²) in [5.41, 5.74) is 3.96. The van der Waals surface area contributed by atoms with Crippen LogP contribution in [0.1, 0.15) is 35.3 Å². The Balaban J connectivity index is 1.60. The van der Waals surface area contributed by atoms with Gasteiger partial charge in [0.05, 0.1) is 25.1 Å². The number of benzene rings is 1. The first-order valence-corrected chi connectivity index (χ1v) is 10.9. The lowest BCUT2D eigenvalue weighted by Crippen LogP contribution is -2.25. The van der Waals surface area contributed by atoms with Crippen LogP contribution in [-0.2, 0) is 11.8 Å². The number of rotatable bonds is 10. The van der Waals surface area contributed by atoms with Crippen molar-refractivity contribution in [1.29, 1.82) is 0 Å². The summed E-state index contributed by atoms with van der Waals surface area (Å²) in [6.07, 6.45) is 6.18. The smallest absolute Gasteiger partial charge is 0.224 e. The van der Waals surface area contributed by atoms with Gasteiger partial charge in [0, 0.05) is 55.8 Å². The van der Waals surface area contributed by atoms with Crippen LogP contribution in [0.3, 0.4) is 0 Å². The molecule has 2 aromatic rings. The molecule has 3 rings (SSSR count). The molecule has 176 valence electrons. The molecule has 1 N–H and O–H groups in total. The van der Waals surface area contributed by atoms with Crippen molar-refractivity contribution < 1.29 is 19.1 Å². The highest BCUT2D eigenvalue weighted by Gasteiger charge is 2.22. The number of aromatic nitrogens is 1. The van der Waals surface area contributed by atoms with Crippen molar-refractivity contribution in [3.8, 4) is 11.5 Å². The summed E-state index contributed by atoms with van der Waals surface area (Å²) in [7, 11) is 5.48. The number of carbonyl (C=O) groups excluding carboxylic acids is 2. The number of carbonyl (C=O) groups is 2. The molecule has 1 aromatic heterocycles. The molecule has 8 heteroatoms. The highest BCUT2D eigenvalue weighted by Crippen LogP contribution is 2.34. The molecule has 33 heavy (non-hydrogen) atoms. The van der Waals surface area contributed by atoms with Crippen LogP contribution in [0.2, 0.25) is 0 Å². The van der Waals surface area contributed by atoms with Crippen LogP contribution in [0.5, 0.6) is 11.5 Å². The van der Waals surface area contributed by atoms with Gasteiger partial charge in [0.1, 0.15) is 0 Å². The van der Waals surface area contributed by atoms with E-state index in [0.29, 0.717) is 42.2 Å². The maximum atomic E-state index is 12.2. The lowest BCUT2D eigenvalue weighted by Gasteiger charge is -2.15. The zero-order valence-electron chi connectivity index (χ0n) is 19.8. The second kappa shape index (κ2) is 11.0. The third-order valence-corrected chi connectivity index (χ3v) is 5.71. The minimum atomic E-state index is -0.0694. The molecule has 0 radical (unpaired) electrons. The van der Waals surface area contributed by atoms with Crippen LogP contribution in [0.15, 0.2) is 41.5 Å². The number of hydrogen-bond acceptors (Lipinski definition) is 6. The number of aliphatic imine (C=N–C) groups is 1. The Morgan fingerprint density at radius 1 is 1.30 bits per heavy atom. The number of aldehydes is 1. The molecule has 0 saturated carbocycles. The summed E-state index contributed by atoms with van der Waals surface area (Å²) in [5, 5.41) is 2.89. The normalized spacial score (nSPS) is 16.4. The zero-order valence-corrected chi connectivity index (χ0v) is 19.8. The van der Waals surface area contributed by atoms with Crippen molar-refractivity contribution >= 4 is 29.8 Å². The quantitative estimate of drug-likeness (QED) is 0.256. The van der Waals surface area contributed by atoms with Gasteiger partial charge in [-0.2, -0.15) is 0 Å². The first-order chi connectivity index (χ1) is 15.8. The highest BCUT2D eigenvalue weighted by molar-refractivity contribution is 5.90. The largest absolute Gasteiger partial charge is 0.493 e. The van der Waals surface area contributed by atoms with E-state index in [0.717, 1.165) is 36.2 Å². The van der Waals surface area contributed by atoms with Crippen molar-refractivity contribution in [3.05, 3.63) is 47.8 Å². The molecule has 0 aliphatic carbocycles. The molecule has 1 unspecified atom stereocenters. The molecule has 1 fully saturated rings. The lowest BCUT2D eigenvalue weighted by molar-refractivity contribution is -0.116. The van der Waals surface area contributed by atoms with Gasteiger partial charge in [-0.15, -0.1) is 0 Å². The standard InChI is InChI=1S/C25H32N4O4/c1-17-9-21(29(4)14-17)13-26-22-12-24(23(32-5)11-19(22)16-30)33-8-6-7-25(31)27-20-10-18(2)28(3)15-20/h10-13,15-16,21H,1,6-9,14H2,2-5H3,(H,27,31). The minimum absolute atomic E-state index is 0.0694. The number of likely N-dealkylation sites (N-methyl/N-ethyl adjacent to an activating group) is 1. The molecular weight excluding hydrogens is 420 g/mol. The molecular formula is C25H32N4O4. The molecule has 8 nitrogen and oxygen atoms in total. The molecule has 1 amide bonds. The Kier molecular flexibility index (Phi) is 8.06. The molecule has 1 saturated heterocycles. The average Bonchev–Trinajstić information content (AvgIpc) is 3.27. The van der Waals surface area contributed by atoms with E-state index in [9.17, 15) is 9.59 Å². The van der Waals surface area contributed by atoms with E-state index >= 15 is 0 Å². The topological polar surface area (TPSA) is 85.2 Å². The Morgan fingerprint density at radius 2 is 2.09 bits per heavy atom. The summed E-state index contributed by atoms with van der Waals surface area (Å²) in [6, 6.07) is 5.40. The van der Waals surface area contributed by atoms with Gasteiger partial charge in [-0.25, -0.2) is 0 Å². The van der Waals surface area contributed by atoms with Crippen LogP contribution >= 0.6 is 0 Å². The summed E-state index contributed by atoms with van der Waals surface area (Å²) in [5.74, 6) is 0.866. The molecule has 0 bridgehead atoms. The number of ether oxygens (including phenoxy) is 2. The van der Waals surface area contributed by atoms with Gasteiger partial charge in [-0.1, -0.05) is 12.2 Å². The minimum Gasteiger partial charge on any atom is -0.493 e. The maximum Gasteiger partial charge on any atom is 0.224 e. The van der Waals surface area contributed by atoms with E-state index in [4.69, 9.17) is 9.47 Å². The van der Waals surface area contributed by atoms with Gasteiger partial charge in [-0.05, 0) is 38.9 Å². The number of likely N-dealkylation sites (tertiary alicyclic amines) is 1. The third-order valence-electron chi connectivity index (χ3n) is 5.71. The number of aryl methyl sites for hydroxylation is 2. The summed E-state index contributed by atoms with van der Waals surface area (Å²) in [4.78, 5) is 30.5. The summed E-state index contributed by atoms with van der Waals surface area (Å²) < 4.78 is 13.2. The van der Waals surface area contributed by atoms with Gasteiger partial charge in [-0.3, -0.25) is 19.5 Å². The monoisotopic (exact) mass is 452 g/mol. The van der Waals surface area contributed by atoms with Crippen LogP contribution in [0, 0.1) is 6.92 Å². The van der Waals surface area contributed by atoms with Crippen molar-refractivity contribution in [2.24, 2.45) is 12.0 Å². The Bertz CT molecular complexity index is 1040. The number of nitrogens with one attached hydrogen (secondary N) is 1. The average molecular weight is 453 g/mol. The summed E-state index contributed by atoms with van der Waals surface area (Å²) >= 11 is 0. The van der Waals surface area contributed by atoms with E-state index in [1.165, 1.54) is 7.11 Å². The van der Waals surface area contributed by atoms with E-state index in [2.05, 4.69) is 21.8 Å². The lowest BCUT2D eigenvalue weighted by atomic mass is 10.1. The van der Waals surface area contributed by atoms with Gasteiger partial charge in [0.25, 0.3) is 0 Å².